The van der Waals surface area contributed by atoms with Gasteiger partial charge in [-0.25, -0.2) is 0 Å². The Bertz CT molecular complexity index is 570. The van der Waals surface area contributed by atoms with Crippen molar-refractivity contribution in [3.8, 4) is 5.69 Å². The molecule has 1 heterocycles. The van der Waals surface area contributed by atoms with Crippen LogP contribution in [0, 0.1) is 13.8 Å². The van der Waals surface area contributed by atoms with Crippen molar-refractivity contribution in [2.75, 3.05) is 0 Å². The van der Waals surface area contributed by atoms with Crippen molar-refractivity contribution in [1.82, 2.24) is 4.57 Å². The summed E-state index contributed by atoms with van der Waals surface area (Å²) < 4.78 is 3.98. The Labute approximate surface area is 117 Å². The third-order valence-corrected chi connectivity index (χ3v) is 4.35. The number of rotatable bonds is 2. The van der Waals surface area contributed by atoms with Crippen molar-refractivity contribution >= 4 is 38.1 Å². The average molecular weight is 357 g/mol. The highest BCUT2D eigenvalue weighted by Gasteiger charge is 2.15. The van der Waals surface area contributed by atoms with Crippen LogP contribution in [0.1, 0.15) is 21.7 Å². The Hall–Kier alpha value is -0.870. The van der Waals surface area contributed by atoms with Gasteiger partial charge in [-0.2, -0.15) is 0 Å². The lowest BCUT2D eigenvalue weighted by Crippen LogP contribution is -1.99. The van der Waals surface area contributed by atoms with E-state index in [0.717, 1.165) is 32.3 Å². The monoisotopic (exact) mass is 355 g/mol. The molecule has 0 aliphatic rings. The van der Waals surface area contributed by atoms with Crippen molar-refractivity contribution in [2.24, 2.45) is 0 Å². The molecule has 4 heteroatoms. The maximum Gasteiger partial charge on any atom is 0.153 e. The molecular weight excluding hydrogens is 346 g/mol. The maximum absolute atomic E-state index is 11.0. The number of hydrogen-bond acceptors (Lipinski definition) is 1. The number of aromatic nitrogens is 1. The predicted octanol–water partition coefficient (Wildman–Crippen LogP) is 4.43. The van der Waals surface area contributed by atoms with Crippen molar-refractivity contribution in [1.29, 1.82) is 0 Å². The molecule has 0 unspecified atom stereocenters. The number of carbonyl (C=O) groups is 1. The van der Waals surface area contributed by atoms with Gasteiger partial charge < -0.3 is 4.57 Å². The van der Waals surface area contributed by atoms with Crippen LogP contribution in [0.5, 0.6) is 0 Å². The van der Waals surface area contributed by atoms with Crippen LogP contribution in [-0.2, 0) is 0 Å². The second-order valence-corrected chi connectivity index (χ2v) is 5.54. The fourth-order valence-electron chi connectivity index (χ4n) is 1.94. The van der Waals surface area contributed by atoms with Crippen LogP contribution in [0.15, 0.2) is 33.2 Å². The lowest BCUT2D eigenvalue weighted by molar-refractivity contribution is 0.112. The number of benzene rings is 1. The van der Waals surface area contributed by atoms with Gasteiger partial charge in [0.05, 0.1) is 0 Å². The van der Waals surface area contributed by atoms with Gasteiger partial charge in [-0.3, -0.25) is 4.79 Å². The molecule has 2 rings (SSSR count). The SMILES string of the molecule is Cc1c(Br)c(C=O)c(C)n1-c1ccc(Br)cc1. The lowest BCUT2D eigenvalue weighted by Gasteiger charge is -2.09. The van der Waals surface area contributed by atoms with E-state index in [1.807, 2.05) is 38.1 Å². The Balaban J connectivity index is 2.67. The second kappa shape index (κ2) is 4.78. The average Bonchev–Trinajstić information content (AvgIpc) is 2.52. The summed E-state index contributed by atoms with van der Waals surface area (Å²) in [6.45, 7) is 3.94. The molecule has 88 valence electrons. The smallest absolute Gasteiger partial charge is 0.153 e. The first-order valence-electron chi connectivity index (χ1n) is 5.14. The van der Waals surface area contributed by atoms with Crippen LogP contribution < -0.4 is 0 Å². The number of nitrogens with zero attached hydrogens (tertiary/aromatic N) is 1. The molecule has 1 aromatic carbocycles. The van der Waals surface area contributed by atoms with Gasteiger partial charge in [-0.1, -0.05) is 15.9 Å². The zero-order valence-corrected chi connectivity index (χ0v) is 12.7. The summed E-state index contributed by atoms with van der Waals surface area (Å²) in [6, 6.07) is 8.02. The molecule has 1 aromatic heterocycles. The molecule has 17 heavy (non-hydrogen) atoms. The van der Waals surface area contributed by atoms with E-state index >= 15 is 0 Å². The molecule has 0 radical (unpaired) electrons. The van der Waals surface area contributed by atoms with Crippen molar-refractivity contribution in [2.45, 2.75) is 13.8 Å². The largest absolute Gasteiger partial charge is 0.317 e. The molecule has 2 aromatic rings. The molecule has 0 fully saturated rings. The van der Waals surface area contributed by atoms with Crippen LogP contribution in [0.25, 0.3) is 5.69 Å². The van der Waals surface area contributed by atoms with Gasteiger partial charge in [0.2, 0.25) is 0 Å². The lowest BCUT2D eigenvalue weighted by atomic mass is 10.2. The number of carbonyl (C=O) groups excluding carboxylic acids is 1. The van der Waals surface area contributed by atoms with E-state index in [1.54, 1.807) is 0 Å². The highest BCUT2D eigenvalue weighted by Crippen LogP contribution is 2.29. The fourth-order valence-corrected chi connectivity index (χ4v) is 2.76. The standard InChI is InChI=1S/C13H11Br2NO/c1-8-12(7-17)13(15)9(2)16(8)11-5-3-10(14)4-6-11/h3-7H,1-2H3. The van der Waals surface area contributed by atoms with Gasteiger partial charge in [-0.05, 0) is 54.0 Å². The van der Waals surface area contributed by atoms with E-state index < -0.39 is 0 Å². The van der Waals surface area contributed by atoms with Crippen LogP contribution in [0.4, 0.5) is 0 Å². The molecule has 0 atom stereocenters. The van der Waals surface area contributed by atoms with E-state index in [1.165, 1.54) is 0 Å². The number of aldehydes is 1. The molecule has 2 nitrogen and oxygen atoms in total. The first kappa shape index (κ1) is 12.6. The normalized spacial score (nSPS) is 10.6. The summed E-state index contributed by atoms with van der Waals surface area (Å²) in [4.78, 5) is 11.0. The van der Waals surface area contributed by atoms with E-state index in [9.17, 15) is 4.79 Å². The molecule has 0 saturated heterocycles. The van der Waals surface area contributed by atoms with Crippen molar-refractivity contribution in [3.63, 3.8) is 0 Å². The van der Waals surface area contributed by atoms with Gasteiger partial charge in [0.1, 0.15) is 0 Å². The molecule has 0 aliphatic carbocycles. The highest BCUT2D eigenvalue weighted by atomic mass is 79.9. The summed E-state index contributed by atoms with van der Waals surface area (Å²) in [7, 11) is 0. The number of halogens is 2. The molecule has 0 saturated carbocycles. The van der Waals surface area contributed by atoms with Crippen molar-refractivity contribution in [3.05, 3.63) is 50.2 Å². The van der Waals surface area contributed by atoms with Gasteiger partial charge in [0.25, 0.3) is 0 Å². The molecule has 0 N–H and O–H groups in total. The summed E-state index contributed by atoms with van der Waals surface area (Å²) in [5.41, 5.74) is 3.75. The first-order valence-corrected chi connectivity index (χ1v) is 6.73. The van der Waals surface area contributed by atoms with Crippen LogP contribution in [-0.4, -0.2) is 10.9 Å². The van der Waals surface area contributed by atoms with E-state index in [2.05, 4.69) is 36.4 Å². The topological polar surface area (TPSA) is 22.0 Å². The molecule has 0 bridgehead atoms. The zero-order valence-electron chi connectivity index (χ0n) is 9.50. The van der Waals surface area contributed by atoms with E-state index in [-0.39, 0.29) is 0 Å². The Morgan fingerprint density at radius 2 is 1.65 bits per heavy atom. The fraction of sp³-hybridized carbons (Fsp3) is 0.154. The van der Waals surface area contributed by atoms with Gasteiger partial charge in [-0.15, -0.1) is 0 Å². The summed E-state index contributed by atoms with van der Waals surface area (Å²) >= 11 is 6.88. The van der Waals surface area contributed by atoms with Crippen LogP contribution in [0.3, 0.4) is 0 Å². The minimum Gasteiger partial charge on any atom is -0.317 e. The Morgan fingerprint density at radius 3 is 2.12 bits per heavy atom. The molecule has 0 spiro atoms. The van der Waals surface area contributed by atoms with Crippen LogP contribution in [0.2, 0.25) is 0 Å². The highest BCUT2D eigenvalue weighted by molar-refractivity contribution is 9.10. The minimum atomic E-state index is 0.713. The maximum atomic E-state index is 11.0. The molecule has 0 aliphatic heterocycles. The number of hydrogen-bond donors (Lipinski definition) is 0. The van der Waals surface area contributed by atoms with Gasteiger partial charge in [0.15, 0.2) is 6.29 Å². The predicted molar refractivity (Wildman–Crippen MR) is 76.0 cm³/mol. The second-order valence-electron chi connectivity index (χ2n) is 3.83. The summed E-state index contributed by atoms with van der Waals surface area (Å²) in [5.74, 6) is 0. The van der Waals surface area contributed by atoms with E-state index in [4.69, 9.17) is 0 Å². The first-order chi connectivity index (χ1) is 8.06. The van der Waals surface area contributed by atoms with Crippen LogP contribution >= 0.6 is 31.9 Å². The third-order valence-electron chi connectivity index (χ3n) is 2.82. The third kappa shape index (κ3) is 2.11. The molecule has 0 amide bonds. The van der Waals surface area contributed by atoms with E-state index in [0.29, 0.717) is 5.56 Å². The molecular formula is C13H11Br2NO. The van der Waals surface area contributed by atoms with Gasteiger partial charge in [0, 0.05) is 31.6 Å². The minimum absolute atomic E-state index is 0.713. The Kier molecular flexibility index (Phi) is 3.54. The summed E-state index contributed by atoms with van der Waals surface area (Å²) in [5, 5.41) is 0. The van der Waals surface area contributed by atoms with Gasteiger partial charge >= 0.3 is 0 Å². The van der Waals surface area contributed by atoms with Crippen molar-refractivity contribution < 1.29 is 4.79 Å². The Morgan fingerprint density at radius 1 is 1.06 bits per heavy atom. The summed E-state index contributed by atoms with van der Waals surface area (Å²) in [6.07, 6.45) is 0.891. The zero-order chi connectivity index (χ0) is 12.6. The quantitative estimate of drug-likeness (QED) is 0.729.